The number of carbonyl (C=O) groups excluding carboxylic acids is 1. The zero-order valence-corrected chi connectivity index (χ0v) is 13.9. The topological polar surface area (TPSA) is 54.1 Å². The highest BCUT2D eigenvalue weighted by Gasteiger charge is 2.14. The van der Waals surface area contributed by atoms with Crippen LogP contribution in [0.5, 0.6) is 5.75 Å². The number of H-pyrrole nitrogens is 1. The monoisotopic (exact) mass is 328 g/mol. The first-order valence-corrected chi connectivity index (χ1v) is 7.60. The summed E-state index contributed by atoms with van der Waals surface area (Å²) in [5.74, 6) is 0.324. The smallest absolute Gasteiger partial charge is 0.272 e. The van der Waals surface area contributed by atoms with Crippen LogP contribution in [0.25, 0.3) is 10.9 Å². The van der Waals surface area contributed by atoms with E-state index in [2.05, 4.69) is 16.4 Å². The van der Waals surface area contributed by atoms with Gasteiger partial charge in [-0.05, 0) is 55.3 Å². The number of aryl methyl sites for hydroxylation is 2. The zero-order chi connectivity index (χ0) is 16.6. The third kappa shape index (κ3) is 3.03. The van der Waals surface area contributed by atoms with Gasteiger partial charge in [0.15, 0.2) is 0 Å². The third-order valence-electron chi connectivity index (χ3n) is 3.74. The number of carbonyl (C=O) groups is 1. The second-order valence-electron chi connectivity index (χ2n) is 5.52. The van der Waals surface area contributed by atoms with Gasteiger partial charge < -0.3 is 15.0 Å². The van der Waals surface area contributed by atoms with Crippen molar-refractivity contribution < 1.29 is 9.53 Å². The molecule has 3 rings (SSSR count). The van der Waals surface area contributed by atoms with Crippen LogP contribution in [-0.2, 0) is 0 Å². The summed E-state index contributed by atoms with van der Waals surface area (Å²) in [6.45, 7) is 4.06. The number of benzene rings is 2. The molecule has 0 saturated carbocycles. The number of anilines is 1. The number of halogens is 1. The van der Waals surface area contributed by atoms with Crippen LogP contribution in [0, 0.1) is 13.8 Å². The van der Waals surface area contributed by atoms with Crippen molar-refractivity contribution in [1.82, 2.24) is 4.98 Å². The minimum atomic E-state index is -0.237. The molecule has 1 aromatic heterocycles. The molecule has 4 nitrogen and oxygen atoms in total. The Balaban J connectivity index is 1.95. The van der Waals surface area contributed by atoms with Gasteiger partial charge in [-0.15, -0.1) is 0 Å². The molecule has 0 saturated heterocycles. The minimum Gasteiger partial charge on any atom is -0.495 e. The molecule has 0 unspecified atom stereocenters. The standard InChI is InChI=1S/C18H17ClN2O2/c1-10-6-11(2)13-9-16(20-14(13)7-10)18(22)21-15-8-12(19)4-5-17(15)23-3/h4-9,20H,1-3H3,(H,21,22). The molecule has 0 atom stereocenters. The lowest BCUT2D eigenvalue weighted by molar-refractivity contribution is 0.102. The van der Waals surface area contributed by atoms with Crippen molar-refractivity contribution in [3.8, 4) is 5.75 Å². The van der Waals surface area contributed by atoms with E-state index in [0.717, 1.165) is 22.0 Å². The number of hydrogen-bond donors (Lipinski definition) is 2. The van der Waals surface area contributed by atoms with Gasteiger partial charge in [-0.25, -0.2) is 0 Å². The molecule has 2 N–H and O–H groups in total. The lowest BCUT2D eigenvalue weighted by Crippen LogP contribution is -2.13. The molecule has 3 aromatic rings. The summed E-state index contributed by atoms with van der Waals surface area (Å²) in [6.07, 6.45) is 0. The van der Waals surface area contributed by atoms with Crippen LogP contribution in [-0.4, -0.2) is 18.0 Å². The van der Waals surface area contributed by atoms with Crippen LogP contribution in [0.15, 0.2) is 36.4 Å². The van der Waals surface area contributed by atoms with Gasteiger partial charge in [-0.1, -0.05) is 17.7 Å². The Morgan fingerprint density at radius 1 is 1.17 bits per heavy atom. The molecule has 1 heterocycles. The Morgan fingerprint density at radius 2 is 1.96 bits per heavy atom. The second-order valence-corrected chi connectivity index (χ2v) is 5.96. The van der Waals surface area contributed by atoms with E-state index >= 15 is 0 Å². The van der Waals surface area contributed by atoms with Gasteiger partial charge in [-0.3, -0.25) is 4.79 Å². The average molecular weight is 329 g/mol. The summed E-state index contributed by atoms with van der Waals surface area (Å²) in [4.78, 5) is 15.7. The van der Waals surface area contributed by atoms with Crippen LogP contribution in [0.4, 0.5) is 5.69 Å². The fraction of sp³-hybridized carbons (Fsp3) is 0.167. The van der Waals surface area contributed by atoms with Crippen molar-refractivity contribution in [3.05, 3.63) is 58.2 Å². The first kappa shape index (κ1) is 15.4. The van der Waals surface area contributed by atoms with E-state index in [1.807, 2.05) is 26.0 Å². The molecule has 1 amide bonds. The predicted molar refractivity (Wildman–Crippen MR) is 93.7 cm³/mol. The van der Waals surface area contributed by atoms with E-state index in [1.165, 1.54) is 0 Å². The lowest BCUT2D eigenvalue weighted by atomic mass is 10.1. The molecule has 0 fully saturated rings. The van der Waals surface area contributed by atoms with E-state index in [1.54, 1.807) is 25.3 Å². The maximum atomic E-state index is 12.5. The number of nitrogens with one attached hydrogen (secondary N) is 2. The second kappa shape index (κ2) is 5.97. The summed E-state index contributed by atoms with van der Waals surface area (Å²) >= 11 is 5.99. The molecule has 5 heteroatoms. The molecule has 118 valence electrons. The van der Waals surface area contributed by atoms with Crippen molar-refractivity contribution in [1.29, 1.82) is 0 Å². The Hall–Kier alpha value is -2.46. The first-order chi connectivity index (χ1) is 11.0. The third-order valence-corrected chi connectivity index (χ3v) is 3.98. The molecule has 0 aliphatic heterocycles. The van der Waals surface area contributed by atoms with Crippen LogP contribution >= 0.6 is 11.6 Å². The van der Waals surface area contributed by atoms with Crippen LogP contribution in [0.2, 0.25) is 5.02 Å². The highest BCUT2D eigenvalue weighted by Crippen LogP contribution is 2.28. The number of rotatable bonds is 3. The molecule has 2 aromatic carbocycles. The van der Waals surface area contributed by atoms with E-state index in [9.17, 15) is 4.79 Å². The summed E-state index contributed by atoms with van der Waals surface area (Å²) in [5.41, 5.74) is 4.27. The normalized spacial score (nSPS) is 10.8. The van der Waals surface area contributed by atoms with Crippen LogP contribution in [0.1, 0.15) is 21.6 Å². The van der Waals surface area contributed by atoms with Crippen LogP contribution < -0.4 is 10.1 Å². The number of fused-ring (bicyclic) bond motifs is 1. The quantitative estimate of drug-likeness (QED) is 0.732. The lowest BCUT2D eigenvalue weighted by Gasteiger charge is -2.09. The summed E-state index contributed by atoms with van der Waals surface area (Å²) in [7, 11) is 1.55. The molecule has 23 heavy (non-hydrogen) atoms. The SMILES string of the molecule is COc1ccc(Cl)cc1NC(=O)c1cc2c(C)cc(C)cc2[nH]1. The van der Waals surface area contributed by atoms with Gasteiger partial charge in [0.2, 0.25) is 0 Å². The summed E-state index contributed by atoms with van der Waals surface area (Å²) < 4.78 is 5.25. The van der Waals surface area contributed by atoms with Gasteiger partial charge >= 0.3 is 0 Å². The van der Waals surface area contributed by atoms with Gasteiger partial charge in [-0.2, -0.15) is 0 Å². The van der Waals surface area contributed by atoms with Crippen LogP contribution in [0.3, 0.4) is 0 Å². The van der Waals surface area contributed by atoms with Crippen molar-refractivity contribution in [2.24, 2.45) is 0 Å². The first-order valence-electron chi connectivity index (χ1n) is 7.23. The Bertz CT molecular complexity index is 899. The fourth-order valence-corrected chi connectivity index (χ4v) is 2.86. The van der Waals surface area contributed by atoms with Gasteiger partial charge in [0.25, 0.3) is 5.91 Å². The van der Waals surface area contributed by atoms with Gasteiger partial charge in [0, 0.05) is 15.9 Å². The Kier molecular flexibility index (Phi) is 4.01. The number of aromatic nitrogens is 1. The van der Waals surface area contributed by atoms with E-state index in [4.69, 9.17) is 16.3 Å². The molecule has 0 aliphatic carbocycles. The number of ether oxygens (including phenoxy) is 1. The molecule has 0 radical (unpaired) electrons. The fourth-order valence-electron chi connectivity index (χ4n) is 2.69. The maximum Gasteiger partial charge on any atom is 0.272 e. The number of amides is 1. The van der Waals surface area contributed by atoms with E-state index in [-0.39, 0.29) is 5.91 Å². The number of hydrogen-bond acceptors (Lipinski definition) is 2. The molecular formula is C18H17ClN2O2. The van der Waals surface area contributed by atoms with Crippen molar-refractivity contribution in [2.75, 3.05) is 12.4 Å². The van der Waals surface area contributed by atoms with Crippen molar-refractivity contribution >= 4 is 34.1 Å². The predicted octanol–water partition coefficient (Wildman–Crippen LogP) is 4.70. The van der Waals surface area contributed by atoms with E-state index in [0.29, 0.717) is 22.2 Å². The zero-order valence-electron chi connectivity index (χ0n) is 13.2. The number of aromatic amines is 1. The minimum absolute atomic E-state index is 0.237. The number of methoxy groups -OCH3 is 1. The van der Waals surface area contributed by atoms with E-state index < -0.39 is 0 Å². The van der Waals surface area contributed by atoms with Crippen molar-refractivity contribution in [2.45, 2.75) is 13.8 Å². The maximum absolute atomic E-state index is 12.5. The average Bonchev–Trinajstić information content (AvgIpc) is 2.92. The molecule has 0 aliphatic rings. The summed E-state index contributed by atoms with van der Waals surface area (Å²) in [6, 6.07) is 11.1. The Labute approximate surface area is 139 Å². The van der Waals surface area contributed by atoms with Crippen molar-refractivity contribution in [3.63, 3.8) is 0 Å². The largest absolute Gasteiger partial charge is 0.495 e. The summed E-state index contributed by atoms with van der Waals surface area (Å²) in [5, 5.41) is 4.41. The highest BCUT2D eigenvalue weighted by molar-refractivity contribution is 6.31. The Morgan fingerprint density at radius 3 is 2.70 bits per heavy atom. The van der Waals surface area contributed by atoms with Gasteiger partial charge in [0.1, 0.15) is 11.4 Å². The molecule has 0 spiro atoms. The highest BCUT2D eigenvalue weighted by atomic mass is 35.5. The van der Waals surface area contributed by atoms with Gasteiger partial charge in [0.05, 0.1) is 12.8 Å². The molecular weight excluding hydrogens is 312 g/mol. The molecule has 0 bridgehead atoms.